The van der Waals surface area contributed by atoms with Crippen LogP contribution in [-0.2, 0) is 4.74 Å². The first-order valence-electron chi connectivity index (χ1n) is 8.59. The van der Waals surface area contributed by atoms with Crippen molar-refractivity contribution in [3.05, 3.63) is 0 Å². The number of rotatable bonds is 11. The summed E-state index contributed by atoms with van der Waals surface area (Å²) >= 11 is 0. The molecule has 0 aliphatic carbocycles. The molecule has 0 saturated carbocycles. The van der Waals surface area contributed by atoms with Gasteiger partial charge in [0.05, 0.1) is 6.61 Å². The van der Waals surface area contributed by atoms with Gasteiger partial charge in [-0.25, -0.2) is 0 Å². The third-order valence-corrected chi connectivity index (χ3v) is 4.50. The smallest absolute Gasteiger partial charge is 0.0531 e. The molecule has 20 heavy (non-hydrogen) atoms. The molecule has 120 valence electrons. The van der Waals surface area contributed by atoms with Gasteiger partial charge in [-0.1, -0.05) is 39.5 Å². The molecule has 0 spiro atoms. The van der Waals surface area contributed by atoms with Gasteiger partial charge in [0.2, 0.25) is 0 Å². The highest BCUT2D eigenvalue weighted by Crippen LogP contribution is 2.28. The van der Waals surface area contributed by atoms with Crippen molar-refractivity contribution in [1.29, 1.82) is 0 Å². The highest BCUT2D eigenvalue weighted by atomic mass is 16.5. The topological polar surface area (TPSA) is 33.3 Å². The van der Waals surface area contributed by atoms with E-state index in [1.165, 1.54) is 51.5 Å². The monoisotopic (exact) mass is 284 g/mol. The van der Waals surface area contributed by atoms with Crippen LogP contribution >= 0.6 is 0 Å². The molecular weight excluding hydrogens is 248 g/mol. The van der Waals surface area contributed by atoms with Crippen molar-refractivity contribution >= 4 is 0 Å². The predicted octanol–water partition coefficient (Wildman–Crippen LogP) is 3.20. The maximum Gasteiger partial charge on any atom is 0.0531 e. The molecule has 1 saturated heterocycles. The van der Waals surface area contributed by atoms with Crippen molar-refractivity contribution in [3.63, 3.8) is 0 Å². The maximum absolute atomic E-state index is 5.45. The summed E-state index contributed by atoms with van der Waals surface area (Å²) < 4.78 is 5.45. The lowest BCUT2D eigenvalue weighted by molar-refractivity contribution is 0.0537. The molecule has 0 aromatic rings. The van der Waals surface area contributed by atoms with Gasteiger partial charge in [0, 0.05) is 19.1 Å². The largest absolute Gasteiger partial charge is 0.384 e. The first-order valence-corrected chi connectivity index (χ1v) is 8.59. The van der Waals surface area contributed by atoms with E-state index in [2.05, 4.69) is 24.5 Å². The van der Waals surface area contributed by atoms with Gasteiger partial charge in [-0.05, 0) is 44.8 Å². The summed E-state index contributed by atoms with van der Waals surface area (Å²) in [5.41, 5.74) is 0.373. The van der Waals surface area contributed by atoms with Crippen molar-refractivity contribution in [2.45, 2.75) is 58.8 Å². The van der Waals surface area contributed by atoms with Gasteiger partial charge in [0.15, 0.2) is 0 Å². The zero-order valence-electron chi connectivity index (χ0n) is 14.0. The van der Waals surface area contributed by atoms with E-state index >= 15 is 0 Å². The molecular formula is C17H36N2O. The molecule has 0 aromatic carbocycles. The van der Waals surface area contributed by atoms with Gasteiger partial charge in [-0.3, -0.25) is 0 Å². The number of ether oxygens (including phenoxy) is 1. The summed E-state index contributed by atoms with van der Waals surface area (Å²) in [5, 5.41) is 7.12. The highest BCUT2D eigenvalue weighted by molar-refractivity contribution is 4.86. The minimum Gasteiger partial charge on any atom is -0.384 e. The van der Waals surface area contributed by atoms with E-state index in [4.69, 9.17) is 4.74 Å². The minimum absolute atomic E-state index is 0.373. The summed E-state index contributed by atoms with van der Waals surface area (Å²) in [4.78, 5) is 0. The molecule has 1 aliphatic rings. The predicted molar refractivity (Wildman–Crippen MR) is 87.2 cm³/mol. The lowest BCUT2D eigenvalue weighted by Gasteiger charge is -2.37. The van der Waals surface area contributed by atoms with E-state index in [0.717, 1.165) is 32.2 Å². The van der Waals surface area contributed by atoms with Crippen LogP contribution in [0.25, 0.3) is 0 Å². The van der Waals surface area contributed by atoms with E-state index in [1.54, 1.807) is 0 Å². The Morgan fingerprint density at radius 3 is 2.45 bits per heavy atom. The Kier molecular flexibility index (Phi) is 9.49. The summed E-state index contributed by atoms with van der Waals surface area (Å²) in [7, 11) is 1.83. The van der Waals surface area contributed by atoms with Crippen LogP contribution in [0.4, 0.5) is 0 Å². The van der Waals surface area contributed by atoms with E-state index in [0.29, 0.717) is 5.41 Å². The zero-order chi connectivity index (χ0) is 14.7. The molecule has 0 amide bonds. The molecule has 3 nitrogen and oxygen atoms in total. The first-order chi connectivity index (χ1) is 9.68. The van der Waals surface area contributed by atoms with E-state index < -0.39 is 0 Å². The number of piperidine rings is 1. The minimum atomic E-state index is 0.373. The Labute approximate surface area is 126 Å². The average molecular weight is 284 g/mol. The number of nitrogens with one attached hydrogen (secondary N) is 2. The van der Waals surface area contributed by atoms with E-state index in [-0.39, 0.29) is 0 Å². The Bertz CT molecular complexity index is 220. The zero-order valence-corrected chi connectivity index (χ0v) is 14.0. The molecule has 1 heterocycles. The van der Waals surface area contributed by atoms with Crippen LogP contribution in [0.2, 0.25) is 0 Å². The van der Waals surface area contributed by atoms with Gasteiger partial charge in [-0.15, -0.1) is 0 Å². The van der Waals surface area contributed by atoms with Gasteiger partial charge in [-0.2, -0.15) is 0 Å². The SMILES string of the molecule is COCC1(CNCCCCCCC(C)C)CCNCC1. The van der Waals surface area contributed by atoms with Crippen LogP contribution in [0, 0.1) is 11.3 Å². The Hall–Kier alpha value is -0.120. The third-order valence-electron chi connectivity index (χ3n) is 4.50. The van der Waals surface area contributed by atoms with Crippen LogP contribution in [0.3, 0.4) is 0 Å². The molecule has 0 aromatic heterocycles. The van der Waals surface area contributed by atoms with Crippen LogP contribution in [0.15, 0.2) is 0 Å². The summed E-state index contributed by atoms with van der Waals surface area (Å²) in [6, 6.07) is 0. The fourth-order valence-corrected chi connectivity index (χ4v) is 3.15. The molecule has 0 atom stereocenters. The quantitative estimate of drug-likeness (QED) is 0.572. The van der Waals surface area contributed by atoms with Crippen molar-refractivity contribution in [3.8, 4) is 0 Å². The average Bonchev–Trinajstić information content (AvgIpc) is 2.43. The standard InChI is InChI=1S/C17H36N2O/c1-16(2)8-6-4-5-7-11-19-14-17(15-20-3)9-12-18-13-10-17/h16,18-19H,4-15H2,1-3H3. The number of methoxy groups -OCH3 is 1. The van der Waals surface area contributed by atoms with Crippen molar-refractivity contribution in [2.75, 3.05) is 39.9 Å². The second kappa shape index (κ2) is 10.6. The molecule has 0 radical (unpaired) electrons. The molecule has 0 unspecified atom stereocenters. The van der Waals surface area contributed by atoms with Crippen LogP contribution in [0.5, 0.6) is 0 Å². The fraction of sp³-hybridized carbons (Fsp3) is 1.00. The van der Waals surface area contributed by atoms with Gasteiger partial charge < -0.3 is 15.4 Å². The lowest BCUT2D eigenvalue weighted by Crippen LogP contribution is -2.46. The lowest BCUT2D eigenvalue weighted by atomic mass is 9.79. The second-order valence-corrected chi connectivity index (χ2v) is 6.96. The molecule has 1 rings (SSSR count). The Morgan fingerprint density at radius 1 is 1.10 bits per heavy atom. The molecule has 0 bridgehead atoms. The molecule has 3 heteroatoms. The first kappa shape index (κ1) is 17.9. The van der Waals surface area contributed by atoms with Crippen molar-refractivity contribution in [1.82, 2.24) is 10.6 Å². The Balaban J connectivity index is 2.03. The molecule has 1 aliphatic heterocycles. The number of hydrogen-bond acceptors (Lipinski definition) is 3. The van der Waals surface area contributed by atoms with Gasteiger partial charge in [0.25, 0.3) is 0 Å². The second-order valence-electron chi connectivity index (χ2n) is 6.96. The summed E-state index contributed by atoms with van der Waals surface area (Å²) in [6.07, 6.45) is 9.35. The maximum atomic E-state index is 5.45. The van der Waals surface area contributed by atoms with Crippen LogP contribution < -0.4 is 10.6 Å². The van der Waals surface area contributed by atoms with Crippen LogP contribution in [0.1, 0.15) is 58.8 Å². The number of hydrogen-bond donors (Lipinski definition) is 2. The Morgan fingerprint density at radius 2 is 1.80 bits per heavy atom. The normalized spacial score (nSPS) is 18.6. The summed E-state index contributed by atoms with van der Waals surface area (Å²) in [5.74, 6) is 0.863. The van der Waals surface area contributed by atoms with E-state index in [1.807, 2.05) is 7.11 Å². The molecule has 2 N–H and O–H groups in total. The molecule has 1 fully saturated rings. The van der Waals surface area contributed by atoms with E-state index in [9.17, 15) is 0 Å². The third kappa shape index (κ3) is 7.61. The van der Waals surface area contributed by atoms with Crippen molar-refractivity contribution < 1.29 is 4.74 Å². The number of unbranched alkanes of at least 4 members (excludes halogenated alkanes) is 3. The van der Waals surface area contributed by atoms with Crippen molar-refractivity contribution in [2.24, 2.45) is 11.3 Å². The fourth-order valence-electron chi connectivity index (χ4n) is 3.15. The van der Waals surface area contributed by atoms with Gasteiger partial charge >= 0.3 is 0 Å². The van der Waals surface area contributed by atoms with Gasteiger partial charge in [0.1, 0.15) is 0 Å². The van der Waals surface area contributed by atoms with Crippen LogP contribution in [-0.4, -0.2) is 39.9 Å². The summed E-state index contributed by atoms with van der Waals surface area (Å²) in [6.45, 7) is 10.1. The highest BCUT2D eigenvalue weighted by Gasteiger charge is 2.31.